The molecule has 1 heteroatoms. The third-order valence-corrected chi connectivity index (χ3v) is 9.18. The van der Waals surface area contributed by atoms with Crippen molar-refractivity contribution in [3.63, 3.8) is 0 Å². The van der Waals surface area contributed by atoms with Gasteiger partial charge in [-0.05, 0) is 51.4 Å². The van der Waals surface area contributed by atoms with Gasteiger partial charge in [0.05, 0.1) is 25.7 Å². The van der Waals surface area contributed by atoms with Crippen LogP contribution in [-0.4, -0.2) is 30.2 Å². The second-order valence-corrected chi connectivity index (χ2v) is 12.4. The number of unbranched alkanes of at least 4 members (excludes halogenated alkanes) is 19. The predicted molar refractivity (Wildman–Crippen MR) is 160 cm³/mol. The van der Waals surface area contributed by atoms with E-state index in [1.807, 2.05) is 0 Å². The summed E-state index contributed by atoms with van der Waals surface area (Å²) in [6.07, 6.45) is 39.8. The molecule has 1 atom stereocenters. The maximum atomic E-state index is 2.43. The Morgan fingerprint density at radius 3 is 1.14 bits per heavy atom. The molecule has 0 aromatic heterocycles. The SMILES string of the molecule is CCCCCCCCCCCCCCCCCCCCC[N+](CCC)(CCCC)C1CCCCC1. The highest BCUT2D eigenvalue weighted by molar-refractivity contribution is 4.68. The third-order valence-electron chi connectivity index (χ3n) is 9.18. The molecule has 0 aromatic carbocycles. The van der Waals surface area contributed by atoms with E-state index in [1.165, 1.54) is 197 Å². The molecule has 1 saturated carbocycles. The van der Waals surface area contributed by atoms with Gasteiger partial charge in [-0.15, -0.1) is 0 Å². The van der Waals surface area contributed by atoms with Gasteiger partial charge in [-0.3, -0.25) is 0 Å². The maximum Gasteiger partial charge on any atom is 0.0890 e. The van der Waals surface area contributed by atoms with Gasteiger partial charge in [0, 0.05) is 0 Å². The van der Waals surface area contributed by atoms with Gasteiger partial charge in [0.1, 0.15) is 0 Å². The number of rotatable bonds is 26. The molecule has 1 nitrogen and oxygen atoms in total. The number of nitrogens with zero attached hydrogens (tertiary/aromatic N) is 1. The largest absolute Gasteiger partial charge is 0.321 e. The van der Waals surface area contributed by atoms with Gasteiger partial charge in [-0.25, -0.2) is 0 Å². The fourth-order valence-corrected chi connectivity index (χ4v) is 6.94. The van der Waals surface area contributed by atoms with Crippen molar-refractivity contribution >= 4 is 0 Å². The van der Waals surface area contributed by atoms with Gasteiger partial charge < -0.3 is 4.48 Å². The molecule has 0 bridgehead atoms. The lowest BCUT2D eigenvalue weighted by Gasteiger charge is -2.47. The summed E-state index contributed by atoms with van der Waals surface area (Å²) in [5.41, 5.74) is 0. The van der Waals surface area contributed by atoms with E-state index in [1.54, 1.807) is 0 Å². The lowest BCUT2D eigenvalue weighted by atomic mass is 9.91. The Hall–Kier alpha value is -0.0400. The molecule has 0 saturated heterocycles. The Morgan fingerprint density at radius 2 is 0.743 bits per heavy atom. The summed E-state index contributed by atoms with van der Waals surface area (Å²) < 4.78 is 1.49. The van der Waals surface area contributed by atoms with Crippen LogP contribution in [0.2, 0.25) is 0 Å². The number of quaternary nitrogens is 1. The first-order chi connectivity index (χ1) is 17.3. The van der Waals surface area contributed by atoms with E-state index < -0.39 is 0 Å². The van der Waals surface area contributed by atoms with Gasteiger partial charge in [0.2, 0.25) is 0 Å². The molecule has 0 aliphatic heterocycles. The van der Waals surface area contributed by atoms with E-state index in [0.29, 0.717) is 0 Å². The summed E-state index contributed by atoms with van der Waals surface area (Å²) in [5, 5.41) is 0. The zero-order chi connectivity index (χ0) is 25.3. The minimum atomic E-state index is 0.991. The molecule has 1 unspecified atom stereocenters. The molecule has 0 aromatic rings. The molecule has 0 N–H and O–H groups in total. The van der Waals surface area contributed by atoms with E-state index in [4.69, 9.17) is 0 Å². The smallest absolute Gasteiger partial charge is 0.0890 e. The molecule has 1 rings (SSSR count). The van der Waals surface area contributed by atoms with Crippen LogP contribution in [0.15, 0.2) is 0 Å². The molecule has 1 fully saturated rings. The summed E-state index contributed by atoms with van der Waals surface area (Å²) in [7, 11) is 0. The standard InChI is InChI=1S/C34H70N/c1-4-7-9-10-11-12-13-14-15-16-17-18-19-20-21-22-23-24-28-33-35(31-6-3,32-8-5-2)34-29-26-25-27-30-34/h34H,4-33H2,1-3H3/q+1. The van der Waals surface area contributed by atoms with E-state index in [-0.39, 0.29) is 0 Å². The quantitative estimate of drug-likeness (QED) is 0.0831. The van der Waals surface area contributed by atoms with Crippen LogP contribution >= 0.6 is 0 Å². The first-order valence-corrected chi connectivity index (χ1v) is 17.1. The number of hydrogen-bond donors (Lipinski definition) is 0. The Balaban J connectivity index is 1.98. The summed E-state index contributed by atoms with van der Waals surface area (Å²) in [4.78, 5) is 0. The monoisotopic (exact) mass is 493 g/mol. The lowest BCUT2D eigenvalue weighted by molar-refractivity contribution is -0.953. The normalized spacial score (nSPS) is 16.5. The molecule has 0 amide bonds. The highest BCUT2D eigenvalue weighted by Gasteiger charge is 2.35. The summed E-state index contributed by atoms with van der Waals surface area (Å²) in [5.74, 6) is 0. The van der Waals surface area contributed by atoms with Crippen LogP contribution in [-0.2, 0) is 0 Å². The van der Waals surface area contributed by atoms with Crippen molar-refractivity contribution in [2.24, 2.45) is 0 Å². The van der Waals surface area contributed by atoms with Crippen LogP contribution < -0.4 is 0 Å². The summed E-state index contributed by atoms with van der Waals surface area (Å²) in [6.45, 7) is 11.5. The molecular formula is C34H70N+. The molecule has 210 valence electrons. The van der Waals surface area contributed by atoms with Crippen molar-refractivity contribution in [2.75, 3.05) is 19.6 Å². The fourth-order valence-electron chi connectivity index (χ4n) is 6.94. The van der Waals surface area contributed by atoms with Gasteiger partial charge >= 0.3 is 0 Å². The molecule has 35 heavy (non-hydrogen) atoms. The first-order valence-electron chi connectivity index (χ1n) is 17.1. The minimum Gasteiger partial charge on any atom is -0.321 e. The van der Waals surface area contributed by atoms with Crippen molar-refractivity contribution in [1.82, 2.24) is 0 Å². The second kappa shape index (κ2) is 24.3. The molecule has 0 radical (unpaired) electrons. The second-order valence-electron chi connectivity index (χ2n) is 12.4. The van der Waals surface area contributed by atoms with Crippen LogP contribution in [0.1, 0.15) is 194 Å². The van der Waals surface area contributed by atoms with Gasteiger partial charge in [0.15, 0.2) is 0 Å². The van der Waals surface area contributed by atoms with Gasteiger partial charge in [-0.2, -0.15) is 0 Å². The Labute approximate surface area is 224 Å². The van der Waals surface area contributed by atoms with Crippen molar-refractivity contribution in [1.29, 1.82) is 0 Å². The van der Waals surface area contributed by atoms with E-state index in [0.717, 1.165) is 6.04 Å². The summed E-state index contributed by atoms with van der Waals surface area (Å²) >= 11 is 0. The Morgan fingerprint density at radius 1 is 0.371 bits per heavy atom. The van der Waals surface area contributed by atoms with Crippen LogP contribution in [0, 0.1) is 0 Å². The maximum absolute atomic E-state index is 2.43. The van der Waals surface area contributed by atoms with Crippen molar-refractivity contribution in [3.8, 4) is 0 Å². The van der Waals surface area contributed by atoms with Crippen LogP contribution in [0.25, 0.3) is 0 Å². The predicted octanol–water partition coefficient (Wildman–Crippen LogP) is 11.8. The zero-order valence-electron chi connectivity index (χ0n) is 25.2. The minimum absolute atomic E-state index is 0.991. The molecule has 0 spiro atoms. The third kappa shape index (κ3) is 17.2. The average molecular weight is 493 g/mol. The van der Waals surface area contributed by atoms with Gasteiger partial charge in [-0.1, -0.05) is 143 Å². The molecule has 1 aliphatic carbocycles. The lowest BCUT2D eigenvalue weighted by Crippen LogP contribution is -2.57. The van der Waals surface area contributed by atoms with E-state index in [9.17, 15) is 0 Å². The Bertz CT molecular complexity index is 413. The first kappa shape index (κ1) is 33.0. The topological polar surface area (TPSA) is 0 Å². The average Bonchev–Trinajstić information content (AvgIpc) is 2.89. The summed E-state index contributed by atoms with van der Waals surface area (Å²) in [6, 6.07) is 0.991. The fraction of sp³-hybridized carbons (Fsp3) is 1.00. The van der Waals surface area contributed by atoms with Gasteiger partial charge in [0.25, 0.3) is 0 Å². The molecule has 0 heterocycles. The highest BCUT2D eigenvalue weighted by Crippen LogP contribution is 2.30. The van der Waals surface area contributed by atoms with E-state index in [2.05, 4.69) is 20.8 Å². The Kier molecular flexibility index (Phi) is 22.9. The number of hydrogen-bond acceptors (Lipinski definition) is 0. The van der Waals surface area contributed by atoms with Crippen molar-refractivity contribution < 1.29 is 4.48 Å². The van der Waals surface area contributed by atoms with Crippen LogP contribution in [0.5, 0.6) is 0 Å². The highest BCUT2D eigenvalue weighted by atomic mass is 15.4. The molecule has 1 aliphatic rings. The molecular weight excluding hydrogens is 422 g/mol. The van der Waals surface area contributed by atoms with Crippen LogP contribution in [0.3, 0.4) is 0 Å². The van der Waals surface area contributed by atoms with Crippen molar-refractivity contribution in [3.05, 3.63) is 0 Å². The van der Waals surface area contributed by atoms with Crippen molar-refractivity contribution in [2.45, 2.75) is 200 Å². The van der Waals surface area contributed by atoms with E-state index >= 15 is 0 Å². The van der Waals surface area contributed by atoms with Crippen LogP contribution in [0.4, 0.5) is 0 Å². The zero-order valence-corrected chi connectivity index (χ0v) is 25.2.